The number of aromatic nitrogens is 3. The number of pyridine rings is 2. The fourth-order valence-corrected chi connectivity index (χ4v) is 1.78. The van der Waals surface area contributed by atoms with Gasteiger partial charge in [-0.3, -0.25) is 4.98 Å². The van der Waals surface area contributed by atoms with Crippen LogP contribution in [0.3, 0.4) is 0 Å². The maximum atomic E-state index is 5.27. The minimum absolute atomic E-state index is 0.759. The molecule has 0 aliphatic rings. The third-order valence-electron chi connectivity index (χ3n) is 2.59. The van der Waals surface area contributed by atoms with Crippen molar-refractivity contribution in [3.63, 3.8) is 0 Å². The number of imidazole rings is 1. The minimum Gasteiger partial charge on any atom is -0.493 e. The zero-order valence-electron chi connectivity index (χ0n) is 9.37. The lowest BCUT2D eigenvalue weighted by molar-refractivity contribution is 0.417. The van der Waals surface area contributed by atoms with Crippen molar-refractivity contribution in [1.82, 2.24) is 14.4 Å². The molecule has 4 nitrogen and oxygen atoms in total. The number of nitrogens with zero attached hydrogens (tertiary/aromatic N) is 3. The Labute approximate surface area is 98.5 Å². The van der Waals surface area contributed by atoms with E-state index in [1.165, 1.54) is 0 Å². The van der Waals surface area contributed by atoms with E-state index in [0.717, 1.165) is 22.8 Å². The Hall–Kier alpha value is -2.36. The van der Waals surface area contributed by atoms with Gasteiger partial charge in [-0.1, -0.05) is 6.07 Å². The van der Waals surface area contributed by atoms with Gasteiger partial charge in [-0.25, -0.2) is 4.98 Å². The van der Waals surface area contributed by atoms with Gasteiger partial charge in [0.15, 0.2) is 11.4 Å². The van der Waals surface area contributed by atoms with Gasteiger partial charge in [-0.05, 0) is 24.3 Å². The highest BCUT2D eigenvalue weighted by atomic mass is 16.5. The van der Waals surface area contributed by atoms with Crippen LogP contribution in [0.1, 0.15) is 0 Å². The van der Waals surface area contributed by atoms with E-state index in [2.05, 4.69) is 9.97 Å². The first-order valence-corrected chi connectivity index (χ1v) is 5.31. The zero-order chi connectivity index (χ0) is 11.7. The van der Waals surface area contributed by atoms with Gasteiger partial charge < -0.3 is 9.14 Å². The van der Waals surface area contributed by atoms with Crippen molar-refractivity contribution in [3.05, 3.63) is 48.9 Å². The predicted octanol–water partition coefficient (Wildman–Crippen LogP) is 2.40. The number of ether oxygens (including phenoxy) is 1. The first-order valence-electron chi connectivity index (χ1n) is 5.31. The third kappa shape index (κ3) is 1.63. The molecule has 4 heteroatoms. The van der Waals surface area contributed by atoms with Gasteiger partial charge in [-0.2, -0.15) is 0 Å². The van der Waals surface area contributed by atoms with E-state index in [1.807, 2.05) is 47.1 Å². The van der Waals surface area contributed by atoms with Crippen LogP contribution in [-0.2, 0) is 0 Å². The fraction of sp³-hybridized carbons (Fsp3) is 0.0769. The number of hydrogen-bond donors (Lipinski definition) is 0. The molecule has 0 aliphatic heterocycles. The summed E-state index contributed by atoms with van der Waals surface area (Å²) in [6, 6.07) is 9.60. The Morgan fingerprint density at radius 2 is 2.06 bits per heavy atom. The van der Waals surface area contributed by atoms with Crippen molar-refractivity contribution >= 4 is 5.65 Å². The highest BCUT2D eigenvalue weighted by Crippen LogP contribution is 2.22. The second-order valence-electron chi connectivity index (χ2n) is 3.65. The largest absolute Gasteiger partial charge is 0.493 e. The molecule has 0 unspecified atom stereocenters. The number of fused-ring (bicyclic) bond motifs is 1. The van der Waals surface area contributed by atoms with Gasteiger partial charge >= 0.3 is 0 Å². The van der Waals surface area contributed by atoms with Crippen molar-refractivity contribution < 1.29 is 4.74 Å². The van der Waals surface area contributed by atoms with Crippen LogP contribution in [0.15, 0.2) is 48.9 Å². The summed E-state index contributed by atoms with van der Waals surface area (Å²) >= 11 is 0. The highest BCUT2D eigenvalue weighted by Gasteiger charge is 2.08. The molecular formula is C13H11N3O. The van der Waals surface area contributed by atoms with Crippen molar-refractivity contribution in [2.75, 3.05) is 7.11 Å². The average molecular weight is 225 g/mol. The normalized spacial score (nSPS) is 10.6. The summed E-state index contributed by atoms with van der Waals surface area (Å²) in [6.45, 7) is 0. The summed E-state index contributed by atoms with van der Waals surface area (Å²) in [5.74, 6) is 0.759. The molecule has 0 aromatic carbocycles. The molecule has 17 heavy (non-hydrogen) atoms. The van der Waals surface area contributed by atoms with Crippen molar-refractivity contribution in [3.8, 4) is 17.1 Å². The second kappa shape index (κ2) is 3.90. The fourth-order valence-electron chi connectivity index (χ4n) is 1.78. The lowest BCUT2D eigenvalue weighted by Gasteiger charge is -1.99. The van der Waals surface area contributed by atoms with Crippen LogP contribution >= 0.6 is 0 Å². The van der Waals surface area contributed by atoms with Crippen LogP contribution in [0.5, 0.6) is 5.75 Å². The molecule has 0 aliphatic carbocycles. The maximum absolute atomic E-state index is 5.27. The Bertz CT molecular complexity index is 646. The van der Waals surface area contributed by atoms with Crippen LogP contribution in [0, 0.1) is 0 Å². The van der Waals surface area contributed by atoms with E-state index in [0.29, 0.717) is 0 Å². The molecule has 3 rings (SSSR count). The van der Waals surface area contributed by atoms with Gasteiger partial charge in [0.25, 0.3) is 0 Å². The topological polar surface area (TPSA) is 39.4 Å². The van der Waals surface area contributed by atoms with E-state index in [4.69, 9.17) is 4.74 Å². The molecule has 0 radical (unpaired) electrons. The average Bonchev–Trinajstić information content (AvgIpc) is 2.83. The Balaban J connectivity index is 2.20. The van der Waals surface area contributed by atoms with Crippen molar-refractivity contribution in [2.24, 2.45) is 0 Å². The zero-order valence-corrected chi connectivity index (χ0v) is 9.37. The van der Waals surface area contributed by atoms with Gasteiger partial charge in [0.1, 0.15) is 5.69 Å². The molecule has 3 aromatic rings. The maximum Gasteiger partial charge on any atom is 0.180 e. The molecule has 0 atom stereocenters. The van der Waals surface area contributed by atoms with E-state index < -0.39 is 0 Å². The van der Waals surface area contributed by atoms with E-state index in [1.54, 1.807) is 13.3 Å². The van der Waals surface area contributed by atoms with Crippen LogP contribution < -0.4 is 4.74 Å². The third-order valence-corrected chi connectivity index (χ3v) is 2.59. The van der Waals surface area contributed by atoms with Crippen molar-refractivity contribution in [2.45, 2.75) is 0 Å². The molecule has 0 saturated heterocycles. The lowest BCUT2D eigenvalue weighted by Crippen LogP contribution is -1.88. The summed E-state index contributed by atoms with van der Waals surface area (Å²) in [5.41, 5.74) is 2.50. The van der Waals surface area contributed by atoms with Crippen LogP contribution in [0.2, 0.25) is 0 Å². The van der Waals surface area contributed by atoms with E-state index >= 15 is 0 Å². The predicted molar refractivity (Wildman–Crippen MR) is 65.0 cm³/mol. The molecule has 3 heterocycles. The van der Waals surface area contributed by atoms with E-state index in [-0.39, 0.29) is 0 Å². The highest BCUT2D eigenvalue weighted by molar-refractivity contribution is 5.63. The quantitative estimate of drug-likeness (QED) is 0.672. The summed E-state index contributed by atoms with van der Waals surface area (Å²) in [4.78, 5) is 8.81. The molecule has 0 fully saturated rings. The SMILES string of the molecule is COc1cccn2cc(-c3ccccn3)nc12. The molecule has 0 spiro atoms. The van der Waals surface area contributed by atoms with Crippen LogP contribution in [-0.4, -0.2) is 21.5 Å². The molecule has 0 saturated carbocycles. The molecule has 3 aromatic heterocycles. The summed E-state index contributed by atoms with van der Waals surface area (Å²) in [5, 5.41) is 0. The molecule has 84 valence electrons. The van der Waals surface area contributed by atoms with Gasteiger partial charge in [0, 0.05) is 18.6 Å². The van der Waals surface area contributed by atoms with Crippen LogP contribution in [0.25, 0.3) is 17.0 Å². The summed E-state index contributed by atoms with van der Waals surface area (Å²) < 4.78 is 7.21. The van der Waals surface area contributed by atoms with Gasteiger partial charge in [-0.15, -0.1) is 0 Å². The number of rotatable bonds is 2. The summed E-state index contributed by atoms with van der Waals surface area (Å²) in [6.07, 6.45) is 5.65. The monoisotopic (exact) mass is 225 g/mol. The standard InChI is InChI=1S/C13H11N3O/c1-17-12-6-4-8-16-9-11(15-13(12)16)10-5-2-3-7-14-10/h2-9H,1H3. The Kier molecular flexibility index (Phi) is 2.26. The molecule has 0 amide bonds. The number of hydrogen-bond acceptors (Lipinski definition) is 3. The van der Waals surface area contributed by atoms with Gasteiger partial charge in [0.05, 0.1) is 12.8 Å². The smallest absolute Gasteiger partial charge is 0.180 e. The minimum atomic E-state index is 0.759. The van der Waals surface area contributed by atoms with Crippen LogP contribution in [0.4, 0.5) is 0 Å². The first kappa shape index (κ1) is 9.84. The molecule has 0 N–H and O–H groups in total. The second-order valence-corrected chi connectivity index (χ2v) is 3.65. The Morgan fingerprint density at radius 3 is 2.82 bits per heavy atom. The molecular weight excluding hydrogens is 214 g/mol. The first-order chi connectivity index (χ1) is 8.38. The molecule has 0 bridgehead atoms. The summed E-state index contributed by atoms with van der Waals surface area (Å²) in [7, 11) is 1.64. The Morgan fingerprint density at radius 1 is 1.12 bits per heavy atom. The van der Waals surface area contributed by atoms with E-state index in [9.17, 15) is 0 Å². The number of methoxy groups -OCH3 is 1. The lowest BCUT2D eigenvalue weighted by atomic mass is 10.3. The van der Waals surface area contributed by atoms with Crippen molar-refractivity contribution in [1.29, 1.82) is 0 Å². The van der Waals surface area contributed by atoms with Gasteiger partial charge in [0.2, 0.25) is 0 Å².